The number of rotatable bonds is 16. The zero-order valence-corrected chi connectivity index (χ0v) is 26.4. The van der Waals surface area contributed by atoms with Gasteiger partial charge in [-0.15, -0.1) is 0 Å². The topological polar surface area (TPSA) is 59.1 Å². The van der Waals surface area contributed by atoms with E-state index in [1.165, 1.54) is 25.7 Å². The molecule has 40 heavy (non-hydrogen) atoms. The lowest BCUT2D eigenvalue weighted by molar-refractivity contribution is 0.0419. The van der Waals surface area contributed by atoms with Crippen molar-refractivity contribution in [1.82, 2.24) is 0 Å². The van der Waals surface area contributed by atoms with Crippen molar-refractivity contribution in [2.75, 3.05) is 51.2 Å². The monoisotopic (exact) mass is 554 g/mol. The van der Waals surface area contributed by atoms with E-state index in [9.17, 15) is 9.59 Å². The van der Waals surface area contributed by atoms with Gasteiger partial charge in [0.1, 0.15) is 0 Å². The minimum atomic E-state index is -0.217. The highest BCUT2D eigenvalue weighted by atomic mass is 16.5. The van der Waals surface area contributed by atoms with Crippen LogP contribution in [0.2, 0.25) is 0 Å². The van der Waals surface area contributed by atoms with Crippen molar-refractivity contribution < 1.29 is 19.1 Å². The molecule has 0 aliphatic carbocycles. The molecule has 0 bridgehead atoms. The number of hydrogen-bond acceptors (Lipinski definition) is 6. The first kappa shape index (κ1) is 35.0. The molecule has 0 fully saturated rings. The Morgan fingerprint density at radius 1 is 0.600 bits per heavy atom. The number of anilines is 2. The van der Waals surface area contributed by atoms with Crippen molar-refractivity contribution in [3.8, 4) is 0 Å². The van der Waals surface area contributed by atoms with Crippen molar-refractivity contribution in [1.29, 1.82) is 0 Å². The molecule has 6 heteroatoms. The molecule has 2 unspecified atom stereocenters. The highest BCUT2D eigenvalue weighted by Crippen LogP contribution is 2.17. The first-order valence-electron chi connectivity index (χ1n) is 15.1. The average molecular weight is 555 g/mol. The van der Waals surface area contributed by atoms with Crippen LogP contribution in [0, 0.1) is 11.8 Å². The third kappa shape index (κ3) is 13.4. The SMILES string of the molecule is CCCCC(CC)COC(=O)c1ccc(N(C)C)cc1.CCCCC(CC)COC(=O)c1ccc(N(C)C)cc1. The molecule has 2 aromatic rings. The van der Waals surface area contributed by atoms with Crippen LogP contribution >= 0.6 is 0 Å². The second-order valence-electron chi connectivity index (χ2n) is 10.9. The predicted molar refractivity (Wildman–Crippen MR) is 169 cm³/mol. The van der Waals surface area contributed by atoms with E-state index < -0.39 is 0 Å². The number of nitrogens with zero attached hydrogens (tertiary/aromatic N) is 2. The number of ether oxygens (including phenoxy) is 2. The van der Waals surface area contributed by atoms with E-state index in [4.69, 9.17) is 9.47 Å². The second-order valence-corrected chi connectivity index (χ2v) is 10.9. The van der Waals surface area contributed by atoms with Gasteiger partial charge in [-0.25, -0.2) is 9.59 Å². The first-order chi connectivity index (χ1) is 19.2. The Morgan fingerprint density at radius 3 is 1.18 bits per heavy atom. The lowest BCUT2D eigenvalue weighted by atomic mass is 10.0. The molecule has 0 aliphatic heterocycles. The fourth-order valence-corrected chi connectivity index (χ4v) is 4.14. The van der Waals surface area contributed by atoms with E-state index >= 15 is 0 Å². The molecule has 2 atom stereocenters. The van der Waals surface area contributed by atoms with Crippen LogP contribution in [-0.4, -0.2) is 53.3 Å². The lowest BCUT2D eigenvalue weighted by Crippen LogP contribution is -2.14. The molecule has 224 valence electrons. The van der Waals surface area contributed by atoms with Gasteiger partial charge in [0.05, 0.1) is 24.3 Å². The fourth-order valence-electron chi connectivity index (χ4n) is 4.14. The van der Waals surface area contributed by atoms with E-state index in [0.717, 1.165) is 37.1 Å². The van der Waals surface area contributed by atoms with E-state index in [2.05, 4.69) is 27.7 Å². The fraction of sp³-hybridized carbons (Fsp3) is 0.588. The van der Waals surface area contributed by atoms with Crippen molar-refractivity contribution in [2.24, 2.45) is 11.8 Å². The number of benzene rings is 2. The molecule has 2 rings (SSSR count). The van der Waals surface area contributed by atoms with E-state index in [-0.39, 0.29) is 11.9 Å². The van der Waals surface area contributed by atoms with Gasteiger partial charge in [0.25, 0.3) is 0 Å². The second kappa shape index (κ2) is 19.9. The Bertz CT molecular complexity index is 875. The molecule has 0 aliphatic rings. The predicted octanol–water partition coefficient (Wildman–Crippen LogP) is 8.25. The number of unbranched alkanes of at least 4 members (excludes halogenated alkanes) is 2. The molecule has 2 aromatic carbocycles. The average Bonchev–Trinajstić information content (AvgIpc) is 2.97. The van der Waals surface area contributed by atoms with Crippen molar-refractivity contribution in [3.63, 3.8) is 0 Å². The Balaban J connectivity index is 0.000000400. The maximum atomic E-state index is 12.0. The van der Waals surface area contributed by atoms with E-state index in [1.807, 2.05) is 86.5 Å². The normalized spacial score (nSPS) is 12.0. The zero-order chi connectivity index (χ0) is 29.9. The largest absolute Gasteiger partial charge is 0.462 e. The van der Waals surface area contributed by atoms with Gasteiger partial charge in [-0.05, 0) is 73.2 Å². The number of esters is 2. The van der Waals surface area contributed by atoms with Crippen LogP contribution in [0.5, 0.6) is 0 Å². The van der Waals surface area contributed by atoms with Crippen LogP contribution in [0.1, 0.15) is 99.8 Å². The molecule has 0 saturated heterocycles. The summed E-state index contributed by atoms with van der Waals surface area (Å²) in [6.07, 6.45) is 9.19. The molecular formula is C34H54N2O4. The summed E-state index contributed by atoms with van der Waals surface area (Å²) in [6, 6.07) is 15.0. The summed E-state index contributed by atoms with van der Waals surface area (Å²) in [4.78, 5) is 28.0. The Kier molecular flexibility index (Phi) is 17.5. The number of hydrogen-bond donors (Lipinski definition) is 0. The van der Waals surface area contributed by atoms with Gasteiger partial charge >= 0.3 is 11.9 Å². The summed E-state index contributed by atoms with van der Waals surface area (Å²) in [5.74, 6) is 0.537. The molecule has 0 heterocycles. The summed E-state index contributed by atoms with van der Waals surface area (Å²) >= 11 is 0. The summed E-state index contributed by atoms with van der Waals surface area (Å²) in [5, 5.41) is 0. The highest BCUT2D eigenvalue weighted by molar-refractivity contribution is 5.90. The molecule has 0 amide bonds. The zero-order valence-electron chi connectivity index (χ0n) is 26.4. The van der Waals surface area contributed by atoms with Gasteiger partial charge in [-0.1, -0.05) is 66.2 Å². The maximum Gasteiger partial charge on any atom is 0.338 e. The van der Waals surface area contributed by atoms with Crippen LogP contribution < -0.4 is 9.80 Å². The van der Waals surface area contributed by atoms with Crippen LogP contribution in [-0.2, 0) is 9.47 Å². The first-order valence-corrected chi connectivity index (χ1v) is 15.1. The molecule has 0 aromatic heterocycles. The van der Waals surface area contributed by atoms with Crippen LogP contribution in [0.25, 0.3) is 0 Å². The molecule has 0 radical (unpaired) electrons. The molecule has 0 spiro atoms. The van der Waals surface area contributed by atoms with Gasteiger partial charge in [-0.3, -0.25) is 0 Å². The van der Waals surface area contributed by atoms with Gasteiger partial charge in [0.2, 0.25) is 0 Å². The third-order valence-electron chi connectivity index (χ3n) is 7.23. The van der Waals surface area contributed by atoms with E-state index in [1.54, 1.807) is 0 Å². The van der Waals surface area contributed by atoms with Gasteiger partial charge in [-0.2, -0.15) is 0 Å². The maximum absolute atomic E-state index is 12.0. The summed E-state index contributed by atoms with van der Waals surface area (Å²) in [6.45, 7) is 9.74. The summed E-state index contributed by atoms with van der Waals surface area (Å²) < 4.78 is 10.9. The summed E-state index contributed by atoms with van der Waals surface area (Å²) in [7, 11) is 7.92. The Labute approximate surface area is 244 Å². The standard InChI is InChI=1S/2C17H27NO2/c2*1-5-7-8-14(6-2)13-20-17(19)15-9-11-16(12-10-15)18(3)4/h2*9-12,14H,5-8,13H2,1-4H3. The van der Waals surface area contributed by atoms with Crippen molar-refractivity contribution in [3.05, 3.63) is 59.7 Å². The molecule has 0 N–H and O–H groups in total. The van der Waals surface area contributed by atoms with Crippen molar-refractivity contribution >= 4 is 23.3 Å². The van der Waals surface area contributed by atoms with Crippen LogP contribution in [0.3, 0.4) is 0 Å². The van der Waals surface area contributed by atoms with Crippen LogP contribution in [0.15, 0.2) is 48.5 Å². The quantitative estimate of drug-likeness (QED) is 0.195. The lowest BCUT2D eigenvalue weighted by Gasteiger charge is -2.15. The molecular weight excluding hydrogens is 500 g/mol. The van der Waals surface area contributed by atoms with E-state index in [0.29, 0.717) is 36.2 Å². The van der Waals surface area contributed by atoms with Gasteiger partial charge in [0, 0.05) is 39.6 Å². The number of carbonyl (C=O) groups excluding carboxylic acids is 2. The highest BCUT2D eigenvalue weighted by Gasteiger charge is 2.13. The minimum Gasteiger partial charge on any atom is -0.462 e. The molecule has 0 saturated carbocycles. The minimum absolute atomic E-state index is 0.217. The van der Waals surface area contributed by atoms with Crippen molar-refractivity contribution in [2.45, 2.75) is 79.1 Å². The third-order valence-corrected chi connectivity index (χ3v) is 7.23. The van der Waals surface area contributed by atoms with Gasteiger partial charge < -0.3 is 19.3 Å². The molecule has 6 nitrogen and oxygen atoms in total. The Morgan fingerprint density at radius 2 is 0.925 bits per heavy atom. The van der Waals surface area contributed by atoms with Gasteiger partial charge in [0.15, 0.2) is 0 Å². The number of carbonyl (C=O) groups is 2. The summed E-state index contributed by atoms with van der Waals surface area (Å²) in [5.41, 5.74) is 3.41. The Hall–Kier alpha value is -3.02. The smallest absolute Gasteiger partial charge is 0.338 e. The van der Waals surface area contributed by atoms with Crippen LogP contribution in [0.4, 0.5) is 11.4 Å².